The molecule has 5 heteroatoms. The fraction of sp³-hybridized carbons (Fsp3) is 0.286. The second kappa shape index (κ2) is 5.40. The molecule has 0 unspecified atom stereocenters. The lowest BCUT2D eigenvalue weighted by atomic mass is 10.1. The Morgan fingerprint density at radius 2 is 2.16 bits per heavy atom. The molecule has 0 spiro atoms. The number of benzene rings is 1. The maximum absolute atomic E-state index is 11.8. The number of nitrogens with zero attached hydrogens (tertiary/aromatic N) is 1. The van der Waals surface area contributed by atoms with Gasteiger partial charge >= 0.3 is 0 Å². The smallest absolute Gasteiger partial charge is 0.183 e. The summed E-state index contributed by atoms with van der Waals surface area (Å²) >= 11 is 1.36. The number of carbonyl (C=O) groups excluding carboxylic acids is 1. The Hall–Kier alpha value is -1.88. The van der Waals surface area contributed by atoms with Crippen molar-refractivity contribution >= 4 is 22.3 Å². The van der Waals surface area contributed by atoms with Crippen molar-refractivity contribution in [2.24, 2.45) is 0 Å². The largest absolute Gasteiger partial charge is 0.496 e. The summed E-state index contributed by atoms with van der Waals surface area (Å²) in [6, 6.07) is 5.86. The van der Waals surface area contributed by atoms with Gasteiger partial charge < -0.3 is 10.1 Å². The topological polar surface area (TPSA) is 51.2 Å². The van der Waals surface area contributed by atoms with E-state index in [0.29, 0.717) is 10.6 Å². The maximum Gasteiger partial charge on any atom is 0.183 e. The third-order valence-corrected chi connectivity index (χ3v) is 3.94. The van der Waals surface area contributed by atoms with Gasteiger partial charge in [-0.25, -0.2) is 4.98 Å². The zero-order chi connectivity index (χ0) is 14.0. The molecule has 0 aliphatic heterocycles. The van der Waals surface area contributed by atoms with Crippen LogP contribution in [-0.2, 0) is 0 Å². The molecule has 0 saturated carbocycles. The summed E-state index contributed by atoms with van der Waals surface area (Å²) in [5, 5.41) is 3.70. The van der Waals surface area contributed by atoms with Gasteiger partial charge in [0.2, 0.25) is 0 Å². The average Bonchev–Trinajstić information content (AvgIpc) is 2.83. The number of hydrogen-bond donors (Lipinski definition) is 1. The number of ether oxygens (including phenoxy) is 1. The molecular formula is C14H16N2O2S. The highest BCUT2D eigenvalue weighted by atomic mass is 32.1. The normalized spacial score (nSPS) is 10.3. The van der Waals surface area contributed by atoms with Gasteiger partial charge in [-0.15, -0.1) is 0 Å². The predicted molar refractivity (Wildman–Crippen MR) is 78.4 cm³/mol. The minimum Gasteiger partial charge on any atom is -0.496 e. The van der Waals surface area contributed by atoms with Gasteiger partial charge in [0.25, 0.3) is 0 Å². The first kappa shape index (κ1) is 13.5. The number of aromatic nitrogens is 1. The summed E-state index contributed by atoms with van der Waals surface area (Å²) < 4.78 is 5.37. The lowest BCUT2D eigenvalue weighted by molar-refractivity contribution is 0.102. The number of carbonyl (C=O) groups is 1. The van der Waals surface area contributed by atoms with E-state index < -0.39 is 0 Å². The van der Waals surface area contributed by atoms with Crippen LogP contribution in [0.25, 0.3) is 11.3 Å². The fourth-order valence-corrected chi connectivity index (χ4v) is 2.68. The number of anilines is 1. The third-order valence-electron chi connectivity index (χ3n) is 2.77. The minimum absolute atomic E-state index is 0.0116. The van der Waals surface area contributed by atoms with Gasteiger partial charge in [-0.2, -0.15) is 0 Å². The molecule has 0 saturated heterocycles. The van der Waals surface area contributed by atoms with E-state index in [2.05, 4.69) is 10.3 Å². The lowest BCUT2D eigenvalue weighted by Gasteiger charge is -2.08. The Morgan fingerprint density at radius 1 is 1.42 bits per heavy atom. The van der Waals surface area contributed by atoms with E-state index in [1.165, 1.54) is 11.3 Å². The molecule has 1 aromatic heterocycles. The van der Waals surface area contributed by atoms with Gasteiger partial charge in [0.05, 0.1) is 17.7 Å². The van der Waals surface area contributed by atoms with Crippen LogP contribution in [0.5, 0.6) is 5.75 Å². The lowest BCUT2D eigenvalue weighted by Crippen LogP contribution is -1.95. The van der Waals surface area contributed by atoms with Gasteiger partial charge in [0, 0.05) is 19.5 Å². The first-order valence-corrected chi connectivity index (χ1v) is 6.73. The van der Waals surface area contributed by atoms with Crippen molar-refractivity contribution in [3.8, 4) is 17.0 Å². The van der Waals surface area contributed by atoms with E-state index in [1.54, 1.807) is 21.1 Å². The van der Waals surface area contributed by atoms with Gasteiger partial charge in [0.1, 0.15) is 5.75 Å². The Kier molecular flexibility index (Phi) is 3.85. The summed E-state index contributed by atoms with van der Waals surface area (Å²) in [6.07, 6.45) is 0. The van der Waals surface area contributed by atoms with E-state index in [-0.39, 0.29) is 5.78 Å². The monoisotopic (exact) mass is 276 g/mol. The van der Waals surface area contributed by atoms with Crippen LogP contribution in [0.3, 0.4) is 0 Å². The first-order valence-electron chi connectivity index (χ1n) is 5.91. The zero-order valence-corrected chi connectivity index (χ0v) is 12.2. The van der Waals surface area contributed by atoms with Gasteiger partial charge in [-0.1, -0.05) is 23.0 Å². The Morgan fingerprint density at radius 3 is 2.74 bits per heavy atom. The molecule has 1 N–H and O–H groups in total. The van der Waals surface area contributed by atoms with E-state index in [1.807, 2.05) is 25.1 Å². The van der Waals surface area contributed by atoms with Crippen molar-refractivity contribution in [2.45, 2.75) is 13.8 Å². The predicted octanol–water partition coefficient (Wildman–Crippen LogP) is 3.37. The maximum atomic E-state index is 11.8. The highest BCUT2D eigenvalue weighted by Crippen LogP contribution is 2.36. The molecule has 1 heterocycles. The van der Waals surface area contributed by atoms with Crippen molar-refractivity contribution in [3.05, 3.63) is 28.6 Å². The summed E-state index contributed by atoms with van der Waals surface area (Å²) in [6.45, 7) is 3.56. The van der Waals surface area contributed by atoms with Crippen LogP contribution in [0.4, 0.5) is 5.13 Å². The van der Waals surface area contributed by atoms with E-state index in [9.17, 15) is 4.79 Å². The van der Waals surface area contributed by atoms with Crippen molar-refractivity contribution in [2.75, 3.05) is 19.5 Å². The molecule has 19 heavy (non-hydrogen) atoms. The molecule has 2 rings (SSSR count). The first-order chi connectivity index (χ1) is 9.06. The van der Waals surface area contributed by atoms with Crippen molar-refractivity contribution in [1.82, 2.24) is 4.98 Å². The summed E-state index contributed by atoms with van der Waals surface area (Å²) in [5.41, 5.74) is 2.64. The number of Topliss-reactive ketones (excluding diaryl/α,β-unsaturated/α-hetero) is 1. The Balaban J connectivity index is 2.66. The Bertz CT molecular complexity index is 620. The molecule has 2 aromatic rings. The van der Waals surface area contributed by atoms with E-state index in [4.69, 9.17) is 4.74 Å². The average molecular weight is 276 g/mol. The van der Waals surface area contributed by atoms with Crippen LogP contribution in [-0.4, -0.2) is 24.9 Å². The zero-order valence-electron chi connectivity index (χ0n) is 11.4. The number of aryl methyl sites for hydroxylation is 1. The van der Waals surface area contributed by atoms with Crippen LogP contribution < -0.4 is 10.1 Å². The van der Waals surface area contributed by atoms with Crippen molar-refractivity contribution < 1.29 is 9.53 Å². The molecule has 0 aliphatic rings. The molecule has 100 valence electrons. The molecule has 4 nitrogen and oxygen atoms in total. The summed E-state index contributed by atoms with van der Waals surface area (Å²) in [5.74, 6) is 0.735. The summed E-state index contributed by atoms with van der Waals surface area (Å²) in [4.78, 5) is 16.9. The van der Waals surface area contributed by atoms with Crippen LogP contribution in [0, 0.1) is 6.92 Å². The number of thiazole rings is 1. The molecule has 0 bridgehead atoms. The molecule has 0 atom stereocenters. The fourth-order valence-electron chi connectivity index (χ4n) is 1.86. The van der Waals surface area contributed by atoms with Crippen molar-refractivity contribution in [3.63, 3.8) is 0 Å². The SMILES string of the molecule is CNc1nc(-c2cc(C)ccc2OC)c(C(C)=O)s1. The molecule has 0 radical (unpaired) electrons. The number of rotatable bonds is 4. The third kappa shape index (κ3) is 2.61. The van der Waals surface area contributed by atoms with Crippen molar-refractivity contribution in [1.29, 1.82) is 0 Å². The number of ketones is 1. The Labute approximate surface area is 116 Å². The second-order valence-electron chi connectivity index (χ2n) is 4.21. The molecular weight excluding hydrogens is 260 g/mol. The van der Waals surface area contributed by atoms with E-state index >= 15 is 0 Å². The minimum atomic E-state index is 0.0116. The summed E-state index contributed by atoms with van der Waals surface area (Å²) in [7, 11) is 3.41. The van der Waals surface area contributed by atoms with Crippen LogP contribution in [0.15, 0.2) is 18.2 Å². The van der Waals surface area contributed by atoms with Crippen LogP contribution >= 0.6 is 11.3 Å². The number of nitrogens with one attached hydrogen (secondary N) is 1. The van der Waals surface area contributed by atoms with E-state index in [0.717, 1.165) is 22.0 Å². The highest BCUT2D eigenvalue weighted by Gasteiger charge is 2.19. The van der Waals surface area contributed by atoms with Crippen LogP contribution in [0.1, 0.15) is 22.2 Å². The number of methoxy groups -OCH3 is 1. The molecule has 1 aromatic carbocycles. The standard InChI is InChI=1S/C14H16N2O2S/c1-8-5-6-11(18-4)10(7-8)12-13(9(2)17)19-14(15-3)16-12/h5-7H,1-4H3,(H,15,16). The highest BCUT2D eigenvalue weighted by molar-refractivity contribution is 7.18. The van der Waals surface area contributed by atoms with Gasteiger partial charge in [0.15, 0.2) is 10.9 Å². The molecule has 0 aliphatic carbocycles. The van der Waals surface area contributed by atoms with Gasteiger partial charge in [-0.05, 0) is 19.1 Å². The van der Waals surface area contributed by atoms with Gasteiger partial charge in [-0.3, -0.25) is 4.79 Å². The molecule has 0 amide bonds. The molecule has 0 fully saturated rings. The number of hydrogen-bond acceptors (Lipinski definition) is 5. The second-order valence-corrected chi connectivity index (χ2v) is 5.21. The van der Waals surface area contributed by atoms with Crippen LogP contribution in [0.2, 0.25) is 0 Å². The quantitative estimate of drug-likeness (QED) is 0.870.